The van der Waals surface area contributed by atoms with Crippen molar-refractivity contribution in [1.29, 1.82) is 0 Å². The van der Waals surface area contributed by atoms with Crippen molar-refractivity contribution in [3.63, 3.8) is 0 Å². The molecule has 4 heteroatoms. The smallest absolute Gasteiger partial charge is 0.222 e. The van der Waals surface area contributed by atoms with Gasteiger partial charge in [-0.25, -0.2) is 0 Å². The van der Waals surface area contributed by atoms with Gasteiger partial charge in [0.1, 0.15) is 6.04 Å². The molecule has 0 aromatic heterocycles. The number of likely N-dealkylation sites (tertiary alicyclic amines) is 1. The lowest BCUT2D eigenvalue weighted by atomic mass is 10.2. The maximum absolute atomic E-state index is 11.3. The topological polar surface area (TPSA) is 37.4 Å². The summed E-state index contributed by atoms with van der Waals surface area (Å²) < 4.78 is 0. The van der Waals surface area contributed by atoms with Gasteiger partial charge in [0, 0.05) is 13.0 Å². The minimum absolute atomic E-state index is 0.0555. The van der Waals surface area contributed by atoms with Gasteiger partial charge in [-0.2, -0.15) is 0 Å². The second-order valence-corrected chi connectivity index (χ2v) is 3.38. The molecule has 0 spiro atoms. The van der Waals surface area contributed by atoms with Crippen LogP contribution in [0.15, 0.2) is 0 Å². The van der Waals surface area contributed by atoms with E-state index in [-0.39, 0.29) is 17.1 Å². The fourth-order valence-corrected chi connectivity index (χ4v) is 1.79. The van der Waals surface area contributed by atoms with E-state index in [1.165, 1.54) is 0 Å². The molecule has 1 heterocycles. The second kappa shape index (κ2) is 3.94. The molecule has 0 aromatic rings. The number of amides is 1. The van der Waals surface area contributed by atoms with Gasteiger partial charge in [0.2, 0.25) is 11.0 Å². The van der Waals surface area contributed by atoms with Crippen LogP contribution < -0.4 is 0 Å². The monoisotopic (exact) mass is 187 g/mol. The number of hydrogen-bond donors (Lipinski definition) is 1. The largest absolute Gasteiger partial charge is 0.332 e. The molecule has 0 bridgehead atoms. The first-order valence-corrected chi connectivity index (χ1v) is 4.63. The zero-order valence-corrected chi connectivity index (χ0v) is 8.01. The van der Waals surface area contributed by atoms with Crippen LogP contribution in [0.5, 0.6) is 0 Å². The van der Waals surface area contributed by atoms with Gasteiger partial charge in [0.25, 0.3) is 0 Å². The summed E-state index contributed by atoms with van der Waals surface area (Å²) in [5.74, 6) is 0.0555. The van der Waals surface area contributed by atoms with Crippen molar-refractivity contribution in [1.82, 2.24) is 4.90 Å². The SMILES string of the molecule is CCC(=O)N1CCCC1C(=O)S. The molecule has 1 amide bonds. The van der Waals surface area contributed by atoms with Gasteiger partial charge in [0.15, 0.2) is 0 Å². The van der Waals surface area contributed by atoms with Gasteiger partial charge < -0.3 is 4.90 Å². The van der Waals surface area contributed by atoms with Gasteiger partial charge in [-0.3, -0.25) is 9.59 Å². The van der Waals surface area contributed by atoms with Crippen molar-refractivity contribution in [3.05, 3.63) is 0 Å². The van der Waals surface area contributed by atoms with E-state index in [2.05, 4.69) is 12.6 Å². The van der Waals surface area contributed by atoms with Crippen LogP contribution >= 0.6 is 12.6 Å². The van der Waals surface area contributed by atoms with Crippen LogP contribution in [0.2, 0.25) is 0 Å². The zero-order valence-electron chi connectivity index (χ0n) is 7.12. The summed E-state index contributed by atoms with van der Waals surface area (Å²) in [6.45, 7) is 2.52. The summed E-state index contributed by atoms with van der Waals surface area (Å²) in [6.07, 6.45) is 2.16. The van der Waals surface area contributed by atoms with E-state index in [0.717, 1.165) is 12.8 Å². The Bertz CT molecular complexity index is 205. The van der Waals surface area contributed by atoms with Crippen LogP contribution in [0.25, 0.3) is 0 Å². The normalized spacial score (nSPS) is 22.8. The van der Waals surface area contributed by atoms with E-state index >= 15 is 0 Å². The number of nitrogens with zero attached hydrogens (tertiary/aromatic N) is 1. The third-order valence-electron chi connectivity index (χ3n) is 2.16. The molecule has 1 rings (SSSR count). The maximum atomic E-state index is 11.3. The lowest BCUT2D eigenvalue weighted by Gasteiger charge is -2.21. The first kappa shape index (κ1) is 9.58. The molecule has 1 unspecified atom stereocenters. The molecule has 0 saturated carbocycles. The summed E-state index contributed by atoms with van der Waals surface area (Å²) in [4.78, 5) is 23.9. The average Bonchev–Trinajstić information content (AvgIpc) is 2.50. The third-order valence-corrected chi connectivity index (χ3v) is 2.46. The third kappa shape index (κ3) is 1.80. The van der Waals surface area contributed by atoms with Crippen LogP contribution in [0.4, 0.5) is 0 Å². The highest BCUT2D eigenvalue weighted by molar-refractivity contribution is 7.96. The molecule has 1 aliphatic rings. The molecule has 1 atom stereocenters. The van der Waals surface area contributed by atoms with E-state index in [1.54, 1.807) is 11.8 Å². The van der Waals surface area contributed by atoms with Gasteiger partial charge in [0.05, 0.1) is 0 Å². The Morgan fingerprint density at radius 1 is 1.58 bits per heavy atom. The fraction of sp³-hybridized carbons (Fsp3) is 0.750. The molecule has 1 aliphatic heterocycles. The highest BCUT2D eigenvalue weighted by atomic mass is 32.1. The van der Waals surface area contributed by atoms with Crippen LogP contribution in [0.3, 0.4) is 0 Å². The number of carbonyl (C=O) groups excluding carboxylic acids is 2. The molecule has 1 fully saturated rings. The Hall–Kier alpha value is -0.510. The highest BCUT2D eigenvalue weighted by Gasteiger charge is 2.31. The van der Waals surface area contributed by atoms with Crippen molar-refractivity contribution >= 4 is 23.7 Å². The summed E-state index contributed by atoms with van der Waals surface area (Å²) in [7, 11) is 0. The van der Waals surface area contributed by atoms with Gasteiger partial charge >= 0.3 is 0 Å². The second-order valence-electron chi connectivity index (χ2n) is 2.94. The molecular weight excluding hydrogens is 174 g/mol. The molecule has 0 aromatic carbocycles. The van der Waals surface area contributed by atoms with Crippen LogP contribution in [-0.4, -0.2) is 28.5 Å². The Labute approximate surface area is 77.5 Å². The molecular formula is C8H13NO2S. The summed E-state index contributed by atoms with van der Waals surface area (Å²) in [5, 5.41) is -0.186. The minimum atomic E-state index is -0.263. The van der Waals surface area contributed by atoms with Crippen LogP contribution in [0, 0.1) is 0 Å². The molecule has 68 valence electrons. The summed E-state index contributed by atoms with van der Waals surface area (Å²) >= 11 is 3.75. The number of carbonyl (C=O) groups is 2. The lowest BCUT2D eigenvalue weighted by molar-refractivity contribution is -0.134. The Morgan fingerprint density at radius 3 is 2.75 bits per heavy atom. The first-order valence-electron chi connectivity index (χ1n) is 4.19. The van der Waals surface area contributed by atoms with Crippen molar-refractivity contribution in [3.8, 4) is 0 Å². The van der Waals surface area contributed by atoms with E-state index in [4.69, 9.17) is 0 Å². The van der Waals surface area contributed by atoms with E-state index in [0.29, 0.717) is 13.0 Å². The predicted octanol–water partition coefficient (Wildman–Crippen LogP) is 0.844. The number of thiol groups is 1. The molecule has 0 N–H and O–H groups in total. The Balaban J connectivity index is 2.63. The quantitative estimate of drug-likeness (QED) is 0.651. The van der Waals surface area contributed by atoms with Crippen molar-refractivity contribution in [2.45, 2.75) is 32.2 Å². The summed E-state index contributed by atoms with van der Waals surface area (Å²) in [5.41, 5.74) is 0. The average molecular weight is 187 g/mol. The van der Waals surface area contributed by atoms with Crippen LogP contribution in [-0.2, 0) is 9.59 Å². The van der Waals surface area contributed by atoms with E-state index < -0.39 is 0 Å². The van der Waals surface area contributed by atoms with Gasteiger partial charge in [-0.1, -0.05) is 6.92 Å². The molecule has 0 radical (unpaired) electrons. The summed E-state index contributed by atoms with van der Waals surface area (Å²) in [6, 6.07) is -0.263. The highest BCUT2D eigenvalue weighted by Crippen LogP contribution is 2.19. The lowest BCUT2D eigenvalue weighted by Crippen LogP contribution is -2.38. The zero-order chi connectivity index (χ0) is 9.14. The van der Waals surface area contributed by atoms with Crippen molar-refractivity contribution < 1.29 is 9.59 Å². The standard InChI is InChI=1S/C8H13NO2S/c1-2-7(10)9-5-3-4-6(9)8(11)12/h6H,2-5H2,1H3,(H,11,12). The Kier molecular flexibility index (Phi) is 3.14. The predicted molar refractivity (Wildman–Crippen MR) is 49.0 cm³/mol. The van der Waals surface area contributed by atoms with E-state index in [1.807, 2.05) is 0 Å². The maximum Gasteiger partial charge on any atom is 0.222 e. The fourth-order valence-electron chi connectivity index (χ4n) is 1.53. The molecule has 1 saturated heterocycles. The molecule has 0 aliphatic carbocycles. The van der Waals surface area contributed by atoms with Gasteiger partial charge in [-0.05, 0) is 12.8 Å². The van der Waals surface area contributed by atoms with Crippen molar-refractivity contribution in [2.24, 2.45) is 0 Å². The number of rotatable bonds is 2. The molecule has 12 heavy (non-hydrogen) atoms. The Morgan fingerprint density at radius 2 is 2.25 bits per heavy atom. The minimum Gasteiger partial charge on any atom is -0.332 e. The van der Waals surface area contributed by atoms with E-state index in [9.17, 15) is 9.59 Å². The molecule has 3 nitrogen and oxygen atoms in total. The van der Waals surface area contributed by atoms with Crippen LogP contribution in [0.1, 0.15) is 26.2 Å². The number of hydrogen-bond acceptors (Lipinski definition) is 2. The first-order chi connectivity index (χ1) is 5.66. The van der Waals surface area contributed by atoms with Crippen molar-refractivity contribution in [2.75, 3.05) is 6.54 Å². The van der Waals surface area contributed by atoms with Gasteiger partial charge in [-0.15, -0.1) is 12.6 Å².